The van der Waals surface area contributed by atoms with Crippen LogP contribution in [0.4, 0.5) is 5.69 Å². The van der Waals surface area contributed by atoms with Crippen LogP contribution in [0.5, 0.6) is 11.5 Å². The molecule has 0 spiro atoms. The van der Waals surface area contributed by atoms with E-state index in [-0.39, 0.29) is 17.3 Å². The Morgan fingerprint density at radius 2 is 1.59 bits per heavy atom. The summed E-state index contributed by atoms with van der Waals surface area (Å²) in [6.45, 7) is 0.275. The molecule has 1 amide bonds. The van der Waals surface area contributed by atoms with Gasteiger partial charge in [-0.2, -0.15) is 0 Å². The molecule has 1 aromatic heterocycles. The quantitative estimate of drug-likeness (QED) is 0.304. The van der Waals surface area contributed by atoms with Crippen LogP contribution in [-0.4, -0.2) is 38.5 Å². The second kappa shape index (κ2) is 9.32. The number of imidazole rings is 1. The summed E-state index contributed by atoms with van der Waals surface area (Å²) in [4.78, 5) is 29.0. The van der Waals surface area contributed by atoms with E-state index in [2.05, 4.69) is 20.0 Å². The van der Waals surface area contributed by atoms with Crippen LogP contribution < -0.4 is 25.2 Å². The summed E-state index contributed by atoms with van der Waals surface area (Å²) in [5.41, 5.74) is 1.96. The summed E-state index contributed by atoms with van der Waals surface area (Å²) in [5, 5.41) is 2.81. The van der Waals surface area contributed by atoms with E-state index in [1.54, 1.807) is 19.2 Å². The van der Waals surface area contributed by atoms with E-state index in [1.807, 2.05) is 6.07 Å². The van der Waals surface area contributed by atoms with Crippen LogP contribution in [0.25, 0.3) is 11.0 Å². The Morgan fingerprint density at radius 1 is 0.882 bits per heavy atom. The normalized spacial score (nSPS) is 11.2. The number of aromatic amines is 2. The Labute approximate surface area is 195 Å². The van der Waals surface area contributed by atoms with Gasteiger partial charge >= 0.3 is 5.69 Å². The van der Waals surface area contributed by atoms with Gasteiger partial charge in [-0.3, -0.25) is 9.52 Å². The summed E-state index contributed by atoms with van der Waals surface area (Å²) >= 11 is 0. The molecule has 0 aliphatic carbocycles. The molecule has 4 aromatic rings. The SMILES string of the molecule is COc1ccc(CNC(=O)c2ccc(NS(=O)(=O)c3ccc4[nH]c(=O)[nH]c4c3)cc2)cc1OC. The fourth-order valence-corrected chi connectivity index (χ4v) is 4.44. The Bertz CT molecular complexity index is 1510. The number of sulfonamides is 1. The lowest BCUT2D eigenvalue weighted by molar-refractivity contribution is 0.0951. The second-order valence-electron chi connectivity index (χ2n) is 7.34. The number of methoxy groups -OCH3 is 2. The van der Waals surface area contributed by atoms with Crippen molar-refractivity contribution in [1.29, 1.82) is 0 Å². The molecule has 1 heterocycles. The molecular weight excluding hydrogens is 460 g/mol. The molecule has 176 valence electrons. The van der Waals surface area contributed by atoms with Crippen LogP contribution in [0.15, 0.2) is 70.4 Å². The van der Waals surface area contributed by atoms with Crippen LogP contribution in [0, 0.1) is 0 Å². The van der Waals surface area contributed by atoms with Crippen molar-refractivity contribution in [2.75, 3.05) is 18.9 Å². The molecule has 0 saturated heterocycles. The molecule has 0 radical (unpaired) electrons. The van der Waals surface area contributed by atoms with Crippen LogP contribution in [0.3, 0.4) is 0 Å². The van der Waals surface area contributed by atoms with E-state index in [0.29, 0.717) is 33.8 Å². The Balaban J connectivity index is 1.41. The molecule has 3 aromatic carbocycles. The maximum Gasteiger partial charge on any atom is 0.323 e. The number of carbonyl (C=O) groups excluding carboxylic acids is 1. The van der Waals surface area contributed by atoms with Crippen LogP contribution in [0.1, 0.15) is 15.9 Å². The highest BCUT2D eigenvalue weighted by Crippen LogP contribution is 2.27. The lowest BCUT2D eigenvalue weighted by Crippen LogP contribution is -2.22. The lowest BCUT2D eigenvalue weighted by Gasteiger charge is -2.11. The Hall–Kier alpha value is -4.25. The fourth-order valence-electron chi connectivity index (χ4n) is 3.36. The molecular formula is C23H22N4O6S. The molecule has 4 N–H and O–H groups in total. The highest BCUT2D eigenvalue weighted by Gasteiger charge is 2.16. The van der Waals surface area contributed by atoms with Gasteiger partial charge in [-0.05, 0) is 60.2 Å². The number of nitrogens with one attached hydrogen (secondary N) is 4. The van der Waals surface area contributed by atoms with E-state index >= 15 is 0 Å². The molecule has 11 heteroatoms. The van der Waals surface area contributed by atoms with Gasteiger partial charge in [0.05, 0.1) is 30.1 Å². The number of benzene rings is 3. The first kappa shape index (κ1) is 22.9. The first-order chi connectivity index (χ1) is 16.3. The third kappa shape index (κ3) is 4.89. The topological polar surface area (TPSA) is 142 Å². The second-order valence-corrected chi connectivity index (χ2v) is 9.02. The van der Waals surface area contributed by atoms with Gasteiger partial charge in [0.2, 0.25) is 0 Å². The van der Waals surface area contributed by atoms with E-state index < -0.39 is 15.7 Å². The number of ether oxygens (including phenoxy) is 2. The van der Waals surface area contributed by atoms with Gasteiger partial charge in [-0.1, -0.05) is 6.07 Å². The zero-order chi connectivity index (χ0) is 24.3. The minimum atomic E-state index is -3.90. The molecule has 0 aliphatic rings. The van der Waals surface area contributed by atoms with Gasteiger partial charge in [0.1, 0.15) is 0 Å². The molecule has 0 saturated carbocycles. The Kier molecular flexibility index (Phi) is 6.28. The van der Waals surface area contributed by atoms with Crippen molar-refractivity contribution in [3.05, 3.63) is 82.3 Å². The fraction of sp³-hybridized carbons (Fsp3) is 0.130. The van der Waals surface area contributed by atoms with Gasteiger partial charge in [-0.15, -0.1) is 0 Å². The lowest BCUT2D eigenvalue weighted by atomic mass is 10.1. The summed E-state index contributed by atoms with van der Waals surface area (Å²) in [5.74, 6) is 0.843. The number of carbonyl (C=O) groups is 1. The number of rotatable bonds is 8. The number of hydrogen-bond acceptors (Lipinski definition) is 6. The van der Waals surface area contributed by atoms with Crippen LogP contribution in [-0.2, 0) is 16.6 Å². The van der Waals surface area contributed by atoms with Crippen LogP contribution >= 0.6 is 0 Å². The van der Waals surface area contributed by atoms with Crippen LogP contribution in [0.2, 0.25) is 0 Å². The third-order valence-corrected chi connectivity index (χ3v) is 6.48. The van der Waals surface area contributed by atoms with Crippen molar-refractivity contribution in [3.63, 3.8) is 0 Å². The number of aromatic nitrogens is 2. The number of amides is 1. The van der Waals surface area contributed by atoms with Gasteiger partial charge < -0.3 is 24.8 Å². The maximum atomic E-state index is 12.7. The first-order valence-electron chi connectivity index (χ1n) is 10.1. The number of fused-ring (bicyclic) bond motifs is 1. The standard InChI is InChI=1S/C23H22N4O6S/c1-32-20-10-3-14(11-21(20)33-2)13-24-22(28)15-4-6-16(7-5-15)27-34(30,31)17-8-9-18-19(12-17)26-23(29)25-18/h3-12,27H,13H2,1-2H3,(H,24,28)(H2,25,26,29). The van der Waals surface area contributed by atoms with E-state index in [9.17, 15) is 18.0 Å². The van der Waals surface area contributed by atoms with Crippen molar-refractivity contribution in [3.8, 4) is 11.5 Å². The molecule has 10 nitrogen and oxygen atoms in total. The highest BCUT2D eigenvalue weighted by molar-refractivity contribution is 7.92. The average molecular weight is 483 g/mol. The third-order valence-electron chi connectivity index (χ3n) is 5.10. The Morgan fingerprint density at radius 3 is 2.29 bits per heavy atom. The minimum Gasteiger partial charge on any atom is -0.493 e. The molecule has 0 bridgehead atoms. The van der Waals surface area contributed by atoms with E-state index in [1.165, 1.54) is 49.6 Å². The predicted octanol–water partition coefficient (Wildman–Crippen LogP) is 2.60. The zero-order valence-corrected chi connectivity index (χ0v) is 19.2. The molecule has 0 atom stereocenters. The number of anilines is 1. The highest BCUT2D eigenvalue weighted by atomic mass is 32.2. The molecule has 0 aliphatic heterocycles. The molecule has 0 fully saturated rings. The minimum absolute atomic E-state index is 0.00742. The summed E-state index contributed by atoms with van der Waals surface area (Å²) < 4.78 is 38.4. The van der Waals surface area contributed by atoms with Gasteiger partial charge in [0.25, 0.3) is 15.9 Å². The first-order valence-corrected chi connectivity index (χ1v) is 11.6. The van der Waals surface area contributed by atoms with Gasteiger partial charge in [0, 0.05) is 17.8 Å². The molecule has 0 unspecified atom stereocenters. The van der Waals surface area contributed by atoms with Crippen molar-refractivity contribution >= 4 is 32.7 Å². The summed E-state index contributed by atoms with van der Waals surface area (Å²) in [7, 11) is -0.812. The van der Waals surface area contributed by atoms with Crippen molar-refractivity contribution < 1.29 is 22.7 Å². The van der Waals surface area contributed by atoms with Crippen molar-refractivity contribution in [2.24, 2.45) is 0 Å². The largest absolute Gasteiger partial charge is 0.493 e. The summed E-state index contributed by atoms with van der Waals surface area (Å²) in [6.07, 6.45) is 0. The number of hydrogen-bond donors (Lipinski definition) is 4. The summed E-state index contributed by atoms with van der Waals surface area (Å²) in [6, 6.07) is 15.7. The monoisotopic (exact) mass is 482 g/mol. The van der Waals surface area contributed by atoms with Gasteiger partial charge in [0.15, 0.2) is 11.5 Å². The van der Waals surface area contributed by atoms with E-state index in [4.69, 9.17) is 9.47 Å². The van der Waals surface area contributed by atoms with Crippen molar-refractivity contribution in [2.45, 2.75) is 11.4 Å². The number of H-pyrrole nitrogens is 2. The average Bonchev–Trinajstić information content (AvgIpc) is 3.21. The molecule has 34 heavy (non-hydrogen) atoms. The smallest absolute Gasteiger partial charge is 0.323 e. The zero-order valence-electron chi connectivity index (χ0n) is 18.3. The van der Waals surface area contributed by atoms with Gasteiger partial charge in [-0.25, -0.2) is 13.2 Å². The van der Waals surface area contributed by atoms with E-state index in [0.717, 1.165) is 5.56 Å². The molecule has 4 rings (SSSR count). The van der Waals surface area contributed by atoms with Crippen molar-refractivity contribution in [1.82, 2.24) is 15.3 Å². The maximum absolute atomic E-state index is 12.7. The predicted molar refractivity (Wildman–Crippen MR) is 127 cm³/mol.